The predicted molar refractivity (Wildman–Crippen MR) is 117 cm³/mol. The summed E-state index contributed by atoms with van der Waals surface area (Å²) in [5.41, 5.74) is 5.52. The first-order valence-corrected chi connectivity index (χ1v) is 10.8. The first-order valence-electron chi connectivity index (χ1n) is 10.8. The average molecular weight is 403 g/mol. The number of hydrogen-bond acceptors (Lipinski definition) is 5. The normalized spacial score (nSPS) is 21.3. The highest BCUT2D eigenvalue weighted by molar-refractivity contribution is 5.88. The van der Waals surface area contributed by atoms with Crippen LogP contribution in [0.15, 0.2) is 36.8 Å². The number of aryl methyl sites for hydroxylation is 1. The van der Waals surface area contributed by atoms with Gasteiger partial charge in [-0.2, -0.15) is 5.10 Å². The lowest BCUT2D eigenvalue weighted by Crippen LogP contribution is -2.41. The highest BCUT2D eigenvalue weighted by atomic mass is 16.5. The molecule has 154 valence electrons. The predicted octanol–water partition coefficient (Wildman–Crippen LogP) is 3.98. The number of anilines is 1. The van der Waals surface area contributed by atoms with Gasteiger partial charge >= 0.3 is 0 Å². The maximum Gasteiger partial charge on any atom is 0.211 e. The fourth-order valence-corrected chi connectivity index (χ4v) is 5.30. The molecule has 2 aliphatic rings. The third-order valence-electron chi connectivity index (χ3n) is 6.94. The van der Waals surface area contributed by atoms with E-state index < -0.39 is 0 Å². The van der Waals surface area contributed by atoms with Gasteiger partial charge in [-0.3, -0.25) is 9.50 Å². The molecule has 6 rings (SSSR count). The summed E-state index contributed by atoms with van der Waals surface area (Å²) in [5, 5.41) is 8.31. The zero-order chi connectivity index (χ0) is 20.3. The molecule has 0 saturated carbocycles. The number of rotatable bonds is 2. The molecule has 0 bridgehead atoms. The lowest BCUT2D eigenvalue weighted by molar-refractivity contribution is 0.0975. The monoisotopic (exact) mass is 402 g/mol. The highest BCUT2D eigenvalue weighted by Gasteiger charge is 2.41. The van der Waals surface area contributed by atoms with Crippen LogP contribution in [0.4, 0.5) is 5.95 Å². The number of hydrogen-bond donors (Lipinski definition) is 1. The quantitative estimate of drug-likeness (QED) is 0.549. The van der Waals surface area contributed by atoms with Gasteiger partial charge in [-0.05, 0) is 50.2 Å². The van der Waals surface area contributed by atoms with Crippen molar-refractivity contribution in [3.8, 4) is 11.1 Å². The van der Waals surface area contributed by atoms with Crippen LogP contribution in [0.25, 0.3) is 27.7 Å². The lowest BCUT2D eigenvalue weighted by atomic mass is 9.77. The standard InChI is InChI=1S/C23H26N6O/c1-15-12-23(14-30-15)5-8-28(9-6-23)22-26-16(2)20(21-24-7-10-29(21)22)17-3-4-18-13-25-27-19(18)11-17/h3-4,7,10-11,13,15H,5-6,8-9,12,14H2,1-2H3,(H,25,27)/t15-/m0/s1. The van der Waals surface area contributed by atoms with E-state index in [1.54, 1.807) is 0 Å². The Bertz CT molecular complexity index is 1230. The second-order valence-corrected chi connectivity index (χ2v) is 8.98. The van der Waals surface area contributed by atoms with Crippen molar-refractivity contribution in [2.45, 2.75) is 39.2 Å². The molecular formula is C23H26N6O. The van der Waals surface area contributed by atoms with Crippen LogP contribution in [0.5, 0.6) is 0 Å². The van der Waals surface area contributed by atoms with Crippen molar-refractivity contribution in [3.63, 3.8) is 0 Å². The third-order valence-corrected chi connectivity index (χ3v) is 6.94. The molecule has 2 aliphatic heterocycles. The summed E-state index contributed by atoms with van der Waals surface area (Å²) in [5.74, 6) is 0.994. The summed E-state index contributed by atoms with van der Waals surface area (Å²) in [6, 6.07) is 6.35. The van der Waals surface area contributed by atoms with Gasteiger partial charge in [0, 0.05) is 36.4 Å². The number of nitrogens with one attached hydrogen (secondary N) is 1. The second kappa shape index (κ2) is 6.54. The number of piperidine rings is 1. The molecular weight excluding hydrogens is 376 g/mol. The maximum atomic E-state index is 5.90. The van der Waals surface area contributed by atoms with Crippen LogP contribution in [0.3, 0.4) is 0 Å². The van der Waals surface area contributed by atoms with E-state index in [4.69, 9.17) is 14.7 Å². The third kappa shape index (κ3) is 2.72. The van der Waals surface area contributed by atoms with Gasteiger partial charge in [0.1, 0.15) is 5.65 Å². The zero-order valence-corrected chi connectivity index (χ0v) is 17.4. The number of ether oxygens (including phenoxy) is 1. The maximum absolute atomic E-state index is 5.90. The van der Waals surface area contributed by atoms with Gasteiger partial charge in [-0.1, -0.05) is 12.1 Å². The number of benzene rings is 1. The van der Waals surface area contributed by atoms with E-state index >= 15 is 0 Å². The van der Waals surface area contributed by atoms with E-state index in [1.807, 2.05) is 18.6 Å². The Balaban J connectivity index is 1.38. The van der Waals surface area contributed by atoms with Gasteiger partial charge in [-0.15, -0.1) is 0 Å². The lowest BCUT2D eigenvalue weighted by Gasteiger charge is -2.39. The van der Waals surface area contributed by atoms with E-state index in [9.17, 15) is 0 Å². The number of imidazole rings is 1. The van der Waals surface area contributed by atoms with Crippen molar-refractivity contribution in [2.75, 3.05) is 24.6 Å². The molecule has 7 nitrogen and oxygen atoms in total. The van der Waals surface area contributed by atoms with Crippen LogP contribution < -0.4 is 4.90 Å². The van der Waals surface area contributed by atoms with Crippen molar-refractivity contribution in [2.24, 2.45) is 5.41 Å². The number of H-pyrrole nitrogens is 1. The fraction of sp³-hybridized carbons (Fsp3) is 0.435. The van der Waals surface area contributed by atoms with Crippen molar-refractivity contribution in [1.29, 1.82) is 0 Å². The number of aromatic nitrogens is 5. The number of aromatic amines is 1. The molecule has 0 unspecified atom stereocenters. The van der Waals surface area contributed by atoms with Crippen LogP contribution in [-0.2, 0) is 4.74 Å². The number of nitrogens with zero attached hydrogens (tertiary/aromatic N) is 5. The molecule has 1 atom stereocenters. The van der Waals surface area contributed by atoms with E-state index in [2.05, 4.69) is 51.5 Å². The van der Waals surface area contributed by atoms with Gasteiger partial charge in [0.05, 0.1) is 30.1 Å². The summed E-state index contributed by atoms with van der Waals surface area (Å²) in [4.78, 5) is 12.2. The van der Waals surface area contributed by atoms with Gasteiger partial charge in [-0.25, -0.2) is 9.97 Å². The van der Waals surface area contributed by atoms with E-state index in [1.165, 1.54) is 6.42 Å². The van der Waals surface area contributed by atoms with E-state index in [0.717, 1.165) is 71.9 Å². The topological polar surface area (TPSA) is 71.3 Å². The van der Waals surface area contributed by atoms with Crippen LogP contribution in [0.1, 0.15) is 31.9 Å². The number of fused-ring (bicyclic) bond motifs is 2. The molecule has 2 fully saturated rings. The Labute approximate surface area is 175 Å². The molecule has 1 N–H and O–H groups in total. The van der Waals surface area contributed by atoms with Crippen molar-refractivity contribution < 1.29 is 4.74 Å². The van der Waals surface area contributed by atoms with Gasteiger partial charge < -0.3 is 9.64 Å². The highest BCUT2D eigenvalue weighted by Crippen LogP contribution is 2.42. The molecule has 7 heteroatoms. The Hall–Kier alpha value is -2.93. The summed E-state index contributed by atoms with van der Waals surface area (Å²) in [6.07, 6.45) is 9.64. The van der Waals surface area contributed by atoms with Crippen LogP contribution >= 0.6 is 0 Å². The Morgan fingerprint density at radius 2 is 2.10 bits per heavy atom. The van der Waals surface area contributed by atoms with Gasteiger partial charge in [0.25, 0.3) is 0 Å². The van der Waals surface area contributed by atoms with E-state index in [-0.39, 0.29) is 0 Å². The van der Waals surface area contributed by atoms with Crippen LogP contribution in [0.2, 0.25) is 0 Å². The molecule has 0 radical (unpaired) electrons. The molecule has 5 heterocycles. The average Bonchev–Trinajstić information content (AvgIpc) is 3.48. The summed E-state index contributed by atoms with van der Waals surface area (Å²) >= 11 is 0. The smallest absolute Gasteiger partial charge is 0.211 e. The molecule has 2 saturated heterocycles. The Kier molecular flexibility index (Phi) is 3.90. The summed E-state index contributed by atoms with van der Waals surface area (Å²) in [6.45, 7) is 7.21. The fourth-order valence-electron chi connectivity index (χ4n) is 5.30. The SMILES string of the molecule is Cc1nc(N2CCC3(CC2)CO[C@@H](C)C3)n2ccnc2c1-c1ccc2cn[nH]c2c1. The molecule has 30 heavy (non-hydrogen) atoms. The first-order chi connectivity index (χ1) is 14.6. The van der Waals surface area contributed by atoms with E-state index in [0.29, 0.717) is 11.5 Å². The molecule has 3 aromatic heterocycles. The minimum Gasteiger partial charge on any atom is -0.378 e. The van der Waals surface area contributed by atoms with Crippen LogP contribution in [0, 0.1) is 12.3 Å². The van der Waals surface area contributed by atoms with Gasteiger partial charge in [0.2, 0.25) is 5.95 Å². The molecule has 1 spiro atoms. The Morgan fingerprint density at radius 1 is 1.23 bits per heavy atom. The van der Waals surface area contributed by atoms with Crippen LogP contribution in [-0.4, -0.2) is 50.4 Å². The summed E-state index contributed by atoms with van der Waals surface area (Å²) < 4.78 is 8.04. The molecule has 0 aliphatic carbocycles. The summed E-state index contributed by atoms with van der Waals surface area (Å²) in [7, 11) is 0. The van der Waals surface area contributed by atoms with Crippen molar-refractivity contribution in [1.82, 2.24) is 24.6 Å². The minimum absolute atomic E-state index is 0.360. The zero-order valence-electron chi connectivity index (χ0n) is 17.4. The second-order valence-electron chi connectivity index (χ2n) is 8.98. The molecule has 4 aromatic rings. The largest absolute Gasteiger partial charge is 0.378 e. The molecule has 1 aromatic carbocycles. The van der Waals surface area contributed by atoms with Gasteiger partial charge in [0.15, 0.2) is 0 Å². The van der Waals surface area contributed by atoms with Crippen molar-refractivity contribution in [3.05, 3.63) is 42.5 Å². The Morgan fingerprint density at radius 3 is 2.90 bits per heavy atom. The minimum atomic E-state index is 0.360. The first kappa shape index (κ1) is 17.9. The molecule has 0 amide bonds. The van der Waals surface area contributed by atoms with Crippen molar-refractivity contribution >= 4 is 22.5 Å².